The fraction of sp³-hybridized carbons (Fsp3) is 0.467. The van der Waals surface area contributed by atoms with Crippen LogP contribution in [0.15, 0.2) is 42.5 Å². The Morgan fingerprint density at radius 2 is 1.94 bits per heavy atom. The highest BCUT2D eigenvalue weighted by Crippen LogP contribution is 2.43. The Hall–Kier alpha value is -1.08. The first-order chi connectivity index (χ1) is 7.92. The lowest BCUT2D eigenvalue weighted by Crippen LogP contribution is -2.14. The molecule has 0 N–H and O–H groups in total. The van der Waals surface area contributed by atoms with Gasteiger partial charge in [0.25, 0.3) is 0 Å². The van der Waals surface area contributed by atoms with Crippen LogP contribution in [0.25, 0.3) is 0 Å². The van der Waals surface area contributed by atoms with Gasteiger partial charge in [0, 0.05) is 0 Å². The monoisotopic (exact) mass is 214 g/mol. The highest BCUT2D eigenvalue weighted by atomic mass is 16.5. The molecule has 2 aliphatic rings. The molecule has 0 aromatic heterocycles. The normalized spacial score (nSPS) is 31.1. The van der Waals surface area contributed by atoms with Gasteiger partial charge in [-0.25, -0.2) is 0 Å². The minimum atomic E-state index is 0.762. The summed E-state index contributed by atoms with van der Waals surface area (Å²) in [6.07, 6.45) is 7.50. The van der Waals surface area contributed by atoms with Crippen molar-refractivity contribution in [3.63, 3.8) is 0 Å². The van der Waals surface area contributed by atoms with Gasteiger partial charge in [0.2, 0.25) is 0 Å². The van der Waals surface area contributed by atoms with E-state index in [-0.39, 0.29) is 0 Å². The summed E-state index contributed by atoms with van der Waals surface area (Å²) in [6, 6.07) is 10.4. The first-order valence-electron chi connectivity index (χ1n) is 6.22. The molecule has 1 nitrogen and oxygen atoms in total. The summed E-state index contributed by atoms with van der Waals surface area (Å²) in [5, 5.41) is 0. The number of hydrogen-bond donors (Lipinski definition) is 0. The van der Waals surface area contributed by atoms with Crippen LogP contribution in [0.2, 0.25) is 0 Å². The Balaban J connectivity index is 1.46. The molecule has 0 heterocycles. The highest BCUT2D eigenvalue weighted by Gasteiger charge is 2.35. The molecule has 0 aliphatic heterocycles. The van der Waals surface area contributed by atoms with Crippen LogP contribution in [0, 0.1) is 17.8 Å². The summed E-state index contributed by atoms with van der Waals surface area (Å²) in [7, 11) is 0. The lowest BCUT2D eigenvalue weighted by Gasteiger charge is -2.17. The van der Waals surface area contributed by atoms with Gasteiger partial charge in [-0.3, -0.25) is 0 Å². The van der Waals surface area contributed by atoms with E-state index in [1.165, 1.54) is 18.4 Å². The van der Waals surface area contributed by atoms with Gasteiger partial charge in [0.05, 0.1) is 13.2 Å². The molecular weight excluding hydrogens is 196 g/mol. The van der Waals surface area contributed by atoms with E-state index in [0.29, 0.717) is 0 Å². The van der Waals surface area contributed by atoms with Gasteiger partial charge in [0.15, 0.2) is 0 Å². The highest BCUT2D eigenvalue weighted by molar-refractivity contribution is 5.13. The van der Waals surface area contributed by atoms with E-state index in [1.54, 1.807) is 0 Å². The average molecular weight is 214 g/mol. The zero-order valence-corrected chi connectivity index (χ0v) is 9.51. The lowest BCUT2D eigenvalue weighted by molar-refractivity contribution is 0.0788. The number of benzene rings is 1. The molecule has 3 atom stereocenters. The Kier molecular flexibility index (Phi) is 2.79. The van der Waals surface area contributed by atoms with Crippen LogP contribution in [0.3, 0.4) is 0 Å². The van der Waals surface area contributed by atoms with Gasteiger partial charge in [-0.2, -0.15) is 0 Å². The Labute approximate surface area is 97.1 Å². The van der Waals surface area contributed by atoms with Crippen LogP contribution < -0.4 is 0 Å². The Bertz CT molecular complexity index is 368. The number of rotatable bonds is 4. The molecule has 0 amide bonds. The van der Waals surface area contributed by atoms with Crippen molar-refractivity contribution < 1.29 is 4.74 Å². The molecular formula is C15H18O. The molecule has 1 heteroatoms. The maximum Gasteiger partial charge on any atom is 0.0717 e. The largest absolute Gasteiger partial charge is 0.376 e. The topological polar surface area (TPSA) is 9.23 Å². The van der Waals surface area contributed by atoms with Crippen molar-refractivity contribution >= 4 is 0 Å². The average Bonchev–Trinajstić information content (AvgIpc) is 2.92. The fourth-order valence-corrected chi connectivity index (χ4v) is 2.99. The fourth-order valence-electron chi connectivity index (χ4n) is 2.99. The van der Waals surface area contributed by atoms with E-state index in [9.17, 15) is 0 Å². The van der Waals surface area contributed by atoms with Crippen molar-refractivity contribution in [1.29, 1.82) is 0 Å². The molecule has 3 rings (SSSR count). The third kappa shape index (κ3) is 2.05. The van der Waals surface area contributed by atoms with Crippen LogP contribution in [0.4, 0.5) is 0 Å². The lowest BCUT2D eigenvalue weighted by atomic mass is 9.95. The molecule has 1 aromatic carbocycles. The van der Waals surface area contributed by atoms with Crippen molar-refractivity contribution in [3.8, 4) is 0 Å². The van der Waals surface area contributed by atoms with Gasteiger partial charge in [-0.15, -0.1) is 0 Å². The number of fused-ring (bicyclic) bond motifs is 2. The molecule has 0 radical (unpaired) electrons. The van der Waals surface area contributed by atoms with E-state index in [2.05, 4.69) is 36.4 Å². The number of allylic oxidation sites excluding steroid dienone is 2. The predicted octanol–water partition coefficient (Wildman–Crippen LogP) is 3.42. The van der Waals surface area contributed by atoms with E-state index >= 15 is 0 Å². The van der Waals surface area contributed by atoms with Crippen molar-refractivity contribution in [1.82, 2.24) is 0 Å². The molecule has 0 saturated heterocycles. The quantitative estimate of drug-likeness (QED) is 0.698. The molecule has 2 unspecified atom stereocenters. The summed E-state index contributed by atoms with van der Waals surface area (Å²) < 4.78 is 5.82. The first-order valence-corrected chi connectivity index (χ1v) is 6.22. The van der Waals surface area contributed by atoms with Crippen LogP contribution in [0.1, 0.15) is 18.4 Å². The molecule has 2 bridgehead atoms. The summed E-state index contributed by atoms with van der Waals surface area (Å²) in [6.45, 7) is 1.69. The standard InChI is InChI=1S/C15H18O/c1-2-4-12(5-3-1)10-16-11-15-9-13-6-7-14(15)8-13/h1-7,13-15H,8-11H2/t13?,14?,15-/m0/s1. The van der Waals surface area contributed by atoms with Crippen LogP contribution >= 0.6 is 0 Å². The zero-order chi connectivity index (χ0) is 10.8. The van der Waals surface area contributed by atoms with Crippen LogP contribution in [0.5, 0.6) is 0 Å². The maximum atomic E-state index is 5.82. The van der Waals surface area contributed by atoms with Crippen molar-refractivity contribution in [2.75, 3.05) is 6.61 Å². The van der Waals surface area contributed by atoms with E-state index < -0.39 is 0 Å². The second-order valence-electron chi connectivity index (χ2n) is 5.04. The van der Waals surface area contributed by atoms with E-state index in [0.717, 1.165) is 31.0 Å². The molecule has 2 aliphatic carbocycles. The predicted molar refractivity (Wildman–Crippen MR) is 64.9 cm³/mol. The van der Waals surface area contributed by atoms with Gasteiger partial charge < -0.3 is 4.74 Å². The maximum absolute atomic E-state index is 5.82. The second-order valence-corrected chi connectivity index (χ2v) is 5.04. The molecule has 1 fully saturated rings. The van der Waals surface area contributed by atoms with Crippen LogP contribution in [-0.4, -0.2) is 6.61 Å². The minimum Gasteiger partial charge on any atom is -0.376 e. The van der Waals surface area contributed by atoms with Crippen LogP contribution in [-0.2, 0) is 11.3 Å². The molecule has 0 spiro atoms. The zero-order valence-electron chi connectivity index (χ0n) is 9.51. The van der Waals surface area contributed by atoms with Gasteiger partial charge >= 0.3 is 0 Å². The van der Waals surface area contributed by atoms with Crippen molar-refractivity contribution in [2.45, 2.75) is 19.4 Å². The van der Waals surface area contributed by atoms with Gasteiger partial charge in [0.1, 0.15) is 0 Å². The van der Waals surface area contributed by atoms with Crippen molar-refractivity contribution in [2.24, 2.45) is 17.8 Å². The minimum absolute atomic E-state index is 0.762. The summed E-state index contributed by atoms with van der Waals surface area (Å²) in [4.78, 5) is 0. The first kappa shape index (κ1) is 10.1. The molecule has 1 saturated carbocycles. The Morgan fingerprint density at radius 3 is 2.62 bits per heavy atom. The second kappa shape index (κ2) is 4.42. The van der Waals surface area contributed by atoms with E-state index in [1.807, 2.05) is 6.07 Å². The SMILES string of the molecule is C1=CC2CC1C[C@H]2COCc1ccccc1. The third-order valence-corrected chi connectivity index (χ3v) is 3.86. The summed E-state index contributed by atoms with van der Waals surface area (Å²) in [5.41, 5.74) is 1.28. The molecule has 16 heavy (non-hydrogen) atoms. The number of ether oxygens (including phenoxy) is 1. The van der Waals surface area contributed by atoms with Gasteiger partial charge in [-0.05, 0) is 36.2 Å². The number of hydrogen-bond acceptors (Lipinski definition) is 1. The molecule has 1 aromatic rings. The van der Waals surface area contributed by atoms with Crippen molar-refractivity contribution in [3.05, 3.63) is 48.0 Å². The summed E-state index contributed by atoms with van der Waals surface area (Å²) in [5.74, 6) is 2.44. The van der Waals surface area contributed by atoms with Gasteiger partial charge in [-0.1, -0.05) is 42.5 Å². The third-order valence-electron chi connectivity index (χ3n) is 3.86. The van der Waals surface area contributed by atoms with E-state index in [4.69, 9.17) is 4.74 Å². The smallest absolute Gasteiger partial charge is 0.0717 e. The Morgan fingerprint density at radius 1 is 1.06 bits per heavy atom. The molecule has 84 valence electrons. The summed E-state index contributed by atoms with van der Waals surface area (Å²) >= 11 is 0.